The molecule has 3 heteroatoms. The molecule has 16 heavy (non-hydrogen) atoms. The van der Waals surface area contributed by atoms with Crippen LogP contribution in [0.3, 0.4) is 0 Å². The van der Waals surface area contributed by atoms with Crippen molar-refractivity contribution < 1.29 is 9.53 Å². The van der Waals surface area contributed by atoms with Crippen LogP contribution in [-0.4, -0.2) is 11.4 Å². The summed E-state index contributed by atoms with van der Waals surface area (Å²) in [5, 5.41) is 1.81. The Morgan fingerprint density at radius 3 is 2.88 bits per heavy atom. The Hall–Kier alpha value is -1.35. The van der Waals surface area contributed by atoms with Gasteiger partial charge in [-0.2, -0.15) is 0 Å². The van der Waals surface area contributed by atoms with Gasteiger partial charge >= 0.3 is 0 Å². The van der Waals surface area contributed by atoms with Gasteiger partial charge in [0, 0.05) is 10.1 Å². The molecular weight excluding hydrogens is 220 g/mol. The molecule has 2 nitrogen and oxygen atoms in total. The number of ketones is 1. The predicted octanol–water partition coefficient (Wildman–Crippen LogP) is 3.65. The minimum absolute atomic E-state index is 0.198. The molecule has 1 aliphatic rings. The summed E-state index contributed by atoms with van der Waals surface area (Å²) in [6, 6.07) is 7.97. The lowest BCUT2D eigenvalue weighted by molar-refractivity contribution is 0.0647. The first-order chi connectivity index (χ1) is 7.57. The molecule has 0 atom stereocenters. The smallest absolute Gasteiger partial charge is 0.186 e. The zero-order chi connectivity index (χ0) is 11.3. The second-order valence-electron chi connectivity index (χ2n) is 4.72. The van der Waals surface area contributed by atoms with Gasteiger partial charge in [-0.25, -0.2) is 0 Å². The van der Waals surface area contributed by atoms with Gasteiger partial charge in [0.05, 0.1) is 12.0 Å². The van der Waals surface area contributed by atoms with E-state index in [4.69, 9.17) is 4.74 Å². The molecular formula is C13H12O2S. The second kappa shape index (κ2) is 3.08. The Bertz CT molecular complexity index is 581. The Balaban J connectivity index is 2.29. The van der Waals surface area contributed by atoms with Gasteiger partial charge in [-0.1, -0.05) is 29.5 Å². The lowest BCUT2D eigenvalue weighted by atomic mass is 9.94. The zero-order valence-electron chi connectivity index (χ0n) is 9.24. The molecule has 2 aromatic rings. The van der Waals surface area contributed by atoms with E-state index in [-0.39, 0.29) is 11.4 Å². The maximum atomic E-state index is 12.1. The highest BCUT2D eigenvalue weighted by Gasteiger charge is 2.35. The molecule has 0 bridgehead atoms. The van der Waals surface area contributed by atoms with Crippen LogP contribution in [0.4, 0.5) is 0 Å². The lowest BCUT2D eigenvalue weighted by Crippen LogP contribution is -2.35. The van der Waals surface area contributed by atoms with E-state index < -0.39 is 0 Å². The molecule has 0 fully saturated rings. The van der Waals surface area contributed by atoms with Crippen molar-refractivity contribution in [2.24, 2.45) is 0 Å². The highest BCUT2D eigenvalue weighted by atomic mass is 32.1. The third kappa shape index (κ3) is 1.35. The van der Waals surface area contributed by atoms with Crippen LogP contribution in [0.1, 0.15) is 30.6 Å². The van der Waals surface area contributed by atoms with Gasteiger partial charge < -0.3 is 4.74 Å². The molecule has 0 amide bonds. The third-order valence-electron chi connectivity index (χ3n) is 2.80. The summed E-state index contributed by atoms with van der Waals surface area (Å²) in [5.74, 6) is 0.198. The molecule has 82 valence electrons. The van der Waals surface area contributed by atoms with E-state index in [1.165, 1.54) is 0 Å². The number of Topliss-reactive ketones (excluding diaryl/α,β-unsaturated/α-hetero) is 1. The fraction of sp³-hybridized carbons (Fsp3) is 0.308. The third-order valence-corrected chi connectivity index (χ3v) is 3.85. The quantitative estimate of drug-likeness (QED) is 0.693. The van der Waals surface area contributed by atoms with E-state index >= 15 is 0 Å². The predicted molar refractivity (Wildman–Crippen MR) is 65.5 cm³/mol. The highest BCUT2D eigenvalue weighted by Crippen LogP contribution is 2.43. The maximum Gasteiger partial charge on any atom is 0.186 e. The summed E-state index contributed by atoms with van der Waals surface area (Å²) in [5.41, 5.74) is 0.408. The van der Waals surface area contributed by atoms with Crippen LogP contribution in [-0.2, 0) is 0 Å². The number of hydrogen-bond acceptors (Lipinski definition) is 3. The molecule has 0 unspecified atom stereocenters. The minimum atomic E-state index is -0.370. The molecule has 0 radical (unpaired) electrons. The van der Waals surface area contributed by atoms with E-state index in [1.54, 1.807) is 11.3 Å². The van der Waals surface area contributed by atoms with E-state index in [0.29, 0.717) is 6.42 Å². The fourth-order valence-electron chi connectivity index (χ4n) is 2.12. The standard InChI is InChI=1S/C13H12O2S/c1-13(2)7-9(14)11-8-5-3-4-6-10(8)16-12(11)15-13/h3-6H,7H2,1-2H3. The van der Waals surface area contributed by atoms with Gasteiger partial charge in [-0.3, -0.25) is 4.79 Å². The molecule has 0 spiro atoms. The topological polar surface area (TPSA) is 26.3 Å². The summed E-state index contributed by atoms with van der Waals surface area (Å²) in [6.07, 6.45) is 0.459. The van der Waals surface area contributed by atoms with Crippen molar-refractivity contribution in [1.82, 2.24) is 0 Å². The van der Waals surface area contributed by atoms with Gasteiger partial charge in [-0.05, 0) is 19.9 Å². The highest BCUT2D eigenvalue weighted by molar-refractivity contribution is 7.21. The number of fused-ring (bicyclic) bond motifs is 3. The molecule has 1 aromatic heterocycles. The summed E-state index contributed by atoms with van der Waals surface area (Å²) >= 11 is 1.56. The molecule has 3 rings (SSSR count). The Kier molecular flexibility index (Phi) is 1.89. The number of thiophene rings is 1. The maximum absolute atomic E-state index is 12.1. The zero-order valence-corrected chi connectivity index (χ0v) is 10.1. The van der Waals surface area contributed by atoms with Crippen molar-refractivity contribution in [1.29, 1.82) is 0 Å². The molecule has 1 aliphatic heterocycles. The van der Waals surface area contributed by atoms with E-state index in [1.807, 2.05) is 38.1 Å². The van der Waals surface area contributed by atoms with E-state index in [9.17, 15) is 4.79 Å². The largest absolute Gasteiger partial charge is 0.477 e. The summed E-state index contributed by atoms with van der Waals surface area (Å²) in [6.45, 7) is 3.91. The average Bonchev–Trinajstić information content (AvgIpc) is 2.52. The van der Waals surface area contributed by atoms with E-state index in [2.05, 4.69) is 0 Å². The molecule has 0 N–H and O–H groups in total. The van der Waals surface area contributed by atoms with Crippen LogP contribution in [0, 0.1) is 0 Å². The minimum Gasteiger partial charge on any atom is -0.477 e. The monoisotopic (exact) mass is 232 g/mol. The first kappa shape index (κ1) is 9.85. The van der Waals surface area contributed by atoms with Gasteiger partial charge in [0.2, 0.25) is 0 Å². The number of rotatable bonds is 0. The normalized spacial score (nSPS) is 18.2. The summed E-state index contributed by atoms with van der Waals surface area (Å²) in [4.78, 5) is 12.1. The van der Waals surface area contributed by atoms with Gasteiger partial charge in [0.15, 0.2) is 10.8 Å². The molecule has 0 aliphatic carbocycles. The Labute approximate surface area is 97.8 Å². The van der Waals surface area contributed by atoms with Crippen molar-refractivity contribution in [3.05, 3.63) is 29.8 Å². The van der Waals surface area contributed by atoms with Crippen molar-refractivity contribution in [2.45, 2.75) is 25.9 Å². The van der Waals surface area contributed by atoms with Crippen molar-refractivity contribution in [3.8, 4) is 5.06 Å². The first-order valence-corrected chi connectivity index (χ1v) is 6.12. The first-order valence-electron chi connectivity index (χ1n) is 5.31. The average molecular weight is 232 g/mol. The van der Waals surface area contributed by atoms with Crippen molar-refractivity contribution in [3.63, 3.8) is 0 Å². The van der Waals surface area contributed by atoms with Crippen molar-refractivity contribution >= 4 is 27.2 Å². The lowest BCUT2D eigenvalue weighted by Gasteiger charge is -2.29. The van der Waals surface area contributed by atoms with Crippen LogP contribution in [0.5, 0.6) is 5.06 Å². The van der Waals surface area contributed by atoms with Crippen LogP contribution in [0.25, 0.3) is 10.1 Å². The van der Waals surface area contributed by atoms with E-state index in [0.717, 1.165) is 20.7 Å². The summed E-state index contributed by atoms with van der Waals surface area (Å²) < 4.78 is 7.00. The molecule has 2 heterocycles. The molecule has 0 saturated carbocycles. The second-order valence-corrected chi connectivity index (χ2v) is 5.74. The molecule has 1 aromatic carbocycles. The van der Waals surface area contributed by atoms with Crippen molar-refractivity contribution in [2.75, 3.05) is 0 Å². The SMILES string of the molecule is CC1(C)CC(=O)c2c(sc3ccccc23)O1. The van der Waals surface area contributed by atoms with Crippen LogP contribution >= 0.6 is 11.3 Å². The van der Waals surface area contributed by atoms with Gasteiger partial charge in [-0.15, -0.1) is 0 Å². The van der Waals surface area contributed by atoms with Crippen LogP contribution in [0.2, 0.25) is 0 Å². The van der Waals surface area contributed by atoms with Crippen LogP contribution < -0.4 is 4.74 Å². The van der Waals surface area contributed by atoms with Crippen LogP contribution in [0.15, 0.2) is 24.3 Å². The number of carbonyl (C=O) groups is 1. The molecule has 0 saturated heterocycles. The van der Waals surface area contributed by atoms with Gasteiger partial charge in [0.25, 0.3) is 0 Å². The van der Waals surface area contributed by atoms with Gasteiger partial charge in [0.1, 0.15) is 5.60 Å². The number of carbonyl (C=O) groups excluding carboxylic acids is 1. The Morgan fingerprint density at radius 2 is 2.06 bits per heavy atom. The summed E-state index contributed by atoms with van der Waals surface area (Å²) in [7, 11) is 0. The number of ether oxygens (including phenoxy) is 1. The number of hydrogen-bond donors (Lipinski definition) is 0. The fourth-order valence-corrected chi connectivity index (χ4v) is 3.34. The Morgan fingerprint density at radius 1 is 1.31 bits per heavy atom. The number of benzene rings is 1.